The van der Waals surface area contributed by atoms with Gasteiger partial charge in [-0.25, -0.2) is 13.9 Å². The van der Waals surface area contributed by atoms with E-state index < -0.39 is 17.4 Å². The van der Waals surface area contributed by atoms with Crippen molar-refractivity contribution in [1.29, 1.82) is 0 Å². The van der Waals surface area contributed by atoms with Crippen LogP contribution in [0.5, 0.6) is 5.75 Å². The maximum atomic E-state index is 13.3. The summed E-state index contributed by atoms with van der Waals surface area (Å²) < 4.78 is 20.3. The van der Waals surface area contributed by atoms with Gasteiger partial charge in [0.2, 0.25) is 5.91 Å². The van der Waals surface area contributed by atoms with Crippen LogP contribution in [0.25, 0.3) is 23.1 Å². The van der Waals surface area contributed by atoms with Crippen molar-refractivity contribution in [3.05, 3.63) is 59.0 Å². The smallest absolute Gasteiger partial charge is 0.339 e. The second kappa shape index (κ2) is 8.67. The summed E-state index contributed by atoms with van der Waals surface area (Å²) in [5, 5.41) is 14.8. The molecule has 0 aliphatic heterocycles. The van der Waals surface area contributed by atoms with Gasteiger partial charge in [-0.1, -0.05) is 18.2 Å². The number of hydrogen-bond donors (Lipinski definition) is 3. The molecule has 172 valence electrons. The standard InChI is InChI=1S/C24H25FN4O4/c1-33-21-17(22(30)31)7-9-19-20(21)18(8-4-14-2-5-15(25)6-3-14)28-29(19)24(23(27)32)12-10-16(26)11-13-24/h2-9,16H,10-13,26H2,1H3,(H2,27,32)(H,30,31). The number of carbonyl (C=O) groups is 2. The average molecular weight is 452 g/mol. The quantitative estimate of drug-likeness (QED) is 0.526. The van der Waals surface area contributed by atoms with Crippen molar-refractivity contribution < 1.29 is 23.8 Å². The number of ether oxygens (including phenoxy) is 1. The van der Waals surface area contributed by atoms with Gasteiger partial charge in [0.15, 0.2) is 0 Å². The van der Waals surface area contributed by atoms with Crippen LogP contribution >= 0.6 is 0 Å². The van der Waals surface area contributed by atoms with E-state index >= 15 is 0 Å². The fourth-order valence-corrected chi connectivity index (χ4v) is 4.46. The SMILES string of the molecule is COc1c(C(=O)O)ccc2c1c(C=Cc1ccc(F)cc1)nn2C1(C(N)=O)CCC(N)CC1. The molecule has 0 bridgehead atoms. The van der Waals surface area contributed by atoms with E-state index in [4.69, 9.17) is 21.3 Å². The number of carboxylic acids is 1. The molecule has 1 amide bonds. The number of amides is 1. The minimum Gasteiger partial charge on any atom is -0.495 e. The highest BCUT2D eigenvalue weighted by atomic mass is 19.1. The summed E-state index contributed by atoms with van der Waals surface area (Å²) in [7, 11) is 1.38. The molecule has 33 heavy (non-hydrogen) atoms. The van der Waals surface area contributed by atoms with Crippen LogP contribution in [-0.4, -0.2) is 39.9 Å². The Bertz CT molecular complexity index is 1240. The summed E-state index contributed by atoms with van der Waals surface area (Å²) in [5.74, 6) is -1.89. The van der Waals surface area contributed by atoms with Crippen LogP contribution in [0.3, 0.4) is 0 Å². The lowest BCUT2D eigenvalue weighted by Crippen LogP contribution is -2.51. The molecule has 1 aliphatic carbocycles. The molecule has 0 saturated heterocycles. The fraction of sp³-hybridized carbons (Fsp3) is 0.292. The zero-order valence-electron chi connectivity index (χ0n) is 18.1. The number of nitrogens with zero attached hydrogens (tertiary/aromatic N) is 2. The van der Waals surface area contributed by atoms with Crippen molar-refractivity contribution in [2.24, 2.45) is 11.5 Å². The normalized spacial score (nSPS) is 20.9. The van der Waals surface area contributed by atoms with Gasteiger partial charge in [-0.3, -0.25) is 4.79 Å². The summed E-state index contributed by atoms with van der Waals surface area (Å²) in [6, 6.07) is 8.92. The third-order valence-electron chi connectivity index (χ3n) is 6.29. The highest BCUT2D eigenvalue weighted by Crippen LogP contribution is 2.40. The Labute approximate surface area is 189 Å². The molecule has 1 saturated carbocycles. The number of fused-ring (bicyclic) bond motifs is 1. The van der Waals surface area contributed by atoms with Crippen LogP contribution in [0.4, 0.5) is 4.39 Å². The lowest BCUT2D eigenvalue weighted by molar-refractivity contribution is -0.128. The van der Waals surface area contributed by atoms with Crippen LogP contribution in [-0.2, 0) is 10.3 Å². The Kier molecular flexibility index (Phi) is 5.90. The van der Waals surface area contributed by atoms with Crippen molar-refractivity contribution in [3.63, 3.8) is 0 Å². The van der Waals surface area contributed by atoms with Gasteiger partial charge in [0.05, 0.1) is 23.7 Å². The molecule has 1 aromatic heterocycles. The van der Waals surface area contributed by atoms with Gasteiger partial charge in [-0.05, 0) is 61.6 Å². The molecule has 0 atom stereocenters. The van der Waals surface area contributed by atoms with E-state index in [0.29, 0.717) is 42.3 Å². The average Bonchev–Trinajstić information content (AvgIpc) is 3.17. The summed E-state index contributed by atoms with van der Waals surface area (Å²) in [6.45, 7) is 0. The first-order chi connectivity index (χ1) is 15.8. The van der Waals surface area contributed by atoms with Gasteiger partial charge in [0.1, 0.15) is 22.7 Å². The van der Waals surface area contributed by atoms with Crippen molar-refractivity contribution in [2.45, 2.75) is 37.3 Å². The molecular formula is C24H25FN4O4. The molecule has 4 rings (SSSR count). The lowest BCUT2D eigenvalue weighted by atomic mass is 9.79. The number of benzene rings is 2. The number of nitrogens with two attached hydrogens (primary N) is 2. The highest BCUT2D eigenvalue weighted by molar-refractivity contribution is 6.03. The zero-order chi connectivity index (χ0) is 23.8. The Morgan fingerprint density at radius 3 is 2.42 bits per heavy atom. The monoisotopic (exact) mass is 452 g/mol. The maximum absolute atomic E-state index is 13.3. The van der Waals surface area contributed by atoms with E-state index in [1.807, 2.05) is 0 Å². The molecule has 3 aromatic rings. The van der Waals surface area contributed by atoms with E-state index in [1.54, 1.807) is 35.0 Å². The topological polar surface area (TPSA) is 133 Å². The lowest BCUT2D eigenvalue weighted by Gasteiger charge is -2.37. The summed E-state index contributed by atoms with van der Waals surface area (Å²) in [6.07, 6.45) is 5.47. The molecule has 5 N–H and O–H groups in total. The number of hydrogen-bond acceptors (Lipinski definition) is 5. The largest absolute Gasteiger partial charge is 0.495 e. The molecule has 0 radical (unpaired) electrons. The minimum absolute atomic E-state index is 0.0229. The molecule has 1 heterocycles. The van der Waals surface area contributed by atoms with Crippen LogP contribution in [0.2, 0.25) is 0 Å². The number of aromatic nitrogens is 2. The molecular weight excluding hydrogens is 427 g/mol. The van der Waals surface area contributed by atoms with E-state index in [2.05, 4.69) is 0 Å². The fourth-order valence-electron chi connectivity index (χ4n) is 4.46. The van der Waals surface area contributed by atoms with E-state index in [1.165, 1.54) is 25.3 Å². The van der Waals surface area contributed by atoms with Gasteiger partial charge in [-0.2, -0.15) is 5.10 Å². The first kappa shape index (κ1) is 22.5. The predicted octanol–water partition coefficient (Wildman–Crippen LogP) is 3.13. The van der Waals surface area contributed by atoms with E-state index in [-0.39, 0.29) is 23.2 Å². The van der Waals surface area contributed by atoms with Crippen LogP contribution in [0, 0.1) is 5.82 Å². The van der Waals surface area contributed by atoms with Gasteiger partial charge in [0.25, 0.3) is 0 Å². The van der Waals surface area contributed by atoms with Crippen molar-refractivity contribution in [3.8, 4) is 5.75 Å². The Morgan fingerprint density at radius 2 is 1.85 bits per heavy atom. The van der Waals surface area contributed by atoms with Gasteiger partial charge in [0, 0.05) is 6.04 Å². The summed E-state index contributed by atoms with van der Waals surface area (Å²) >= 11 is 0. The van der Waals surface area contributed by atoms with Crippen molar-refractivity contribution >= 4 is 34.9 Å². The van der Waals surface area contributed by atoms with E-state index in [0.717, 1.165) is 5.56 Å². The Morgan fingerprint density at radius 1 is 1.18 bits per heavy atom. The van der Waals surface area contributed by atoms with Gasteiger partial charge in [-0.15, -0.1) is 0 Å². The number of carboxylic acid groups (broad SMARTS) is 1. The van der Waals surface area contributed by atoms with Crippen LogP contribution in [0.15, 0.2) is 36.4 Å². The van der Waals surface area contributed by atoms with Crippen LogP contribution in [0.1, 0.15) is 47.3 Å². The number of methoxy groups -OCH3 is 1. The Balaban J connectivity index is 1.96. The predicted molar refractivity (Wildman–Crippen MR) is 122 cm³/mol. The number of aromatic carboxylic acids is 1. The molecule has 9 heteroatoms. The molecule has 8 nitrogen and oxygen atoms in total. The van der Waals surface area contributed by atoms with Crippen LogP contribution < -0.4 is 16.2 Å². The van der Waals surface area contributed by atoms with Gasteiger partial charge >= 0.3 is 5.97 Å². The number of halogens is 1. The maximum Gasteiger partial charge on any atom is 0.339 e. The first-order valence-corrected chi connectivity index (χ1v) is 10.6. The number of rotatable bonds is 6. The molecule has 2 aromatic carbocycles. The van der Waals surface area contributed by atoms with E-state index in [9.17, 15) is 19.1 Å². The first-order valence-electron chi connectivity index (χ1n) is 10.6. The summed E-state index contributed by atoms with van der Waals surface area (Å²) in [4.78, 5) is 24.5. The molecule has 1 aliphatic rings. The van der Waals surface area contributed by atoms with Crippen molar-refractivity contribution in [1.82, 2.24) is 9.78 Å². The highest BCUT2D eigenvalue weighted by Gasteiger charge is 2.44. The summed E-state index contributed by atoms with van der Waals surface area (Å²) in [5.41, 5.74) is 12.5. The van der Waals surface area contributed by atoms with Crippen molar-refractivity contribution in [2.75, 3.05) is 7.11 Å². The minimum atomic E-state index is -1.15. The second-order valence-electron chi connectivity index (χ2n) is 8.26. The molecule has 0 unspecified atom stereocenters. The number of primary amides is 1. The zero-order valence-corrected chi connectivity index (χ0v) is 18.1. The van der Waals surface area contributed by atoms with Gasteiger partial charge < -0.3 is 21.3 Å². The Hall–Kier alpha value is -3.72. The second-order valence-corrected chi connectivity index (χ2v) is 8.26. The third-order valence-corrected chi connectivity index (χ3v) is 6.29. The number of carbonyl (C=O) groups excluding carboxylic acids is 1. The third kappa shape index (κ3) is 3.95. The molecule has 0 spiro atoms. The molecule has 1 fully saturated rings.